The van der Waals surface area contributed by atoms with E-state index in [-0.39, 0.29) is 16.8 Å². The van der Waals surface area contributed by atoms with Gasteiger partial charge < -0.3 is 5.73 Å². The molecule has 0 aliphatic heterocycles. The summed E-state index contributed by atoms with van der Waals surface area (Å²) in [7, 11) is 0. The molecule has 0 bridgehead atoms. The van der Waals surface area contributed by atoms with Crippen LogP contribution < -0.4 is 5.73 Å². The fourth-order valence-electron chi connectivity index (χ4n) is 1.84. The number of carbonyl (C=O) groups excluding carboxylic acids is 1. The van der Waals surface area contributed by atoms with E-state index in [4.69, 9.17) is 5.73 Å². The number of nitro groups is 1. The van der Waals surface area contributed by atoms with E-state index in [9.17, 15) is 14.9 Å². The van der Waals surface area contributed by atoms with Gasteiger partial charge in [0.15, 0.2) is 0 Å². The number of nitro benzene ring substituents is 1. The highest BCUT2D eigenvalue weighted by atomic mass is 32.2. The molecule has 23 heavy (non-hydrogen) atoms. The van der Waals surface area contributed by atoms with E-state index in [1.165, 1.54) is 30.0 Å². The molecule has 1 amide bonds. The fraction of sp³-hybridized carbons (Fsp3) is 0.385. The van der Waals surface area contributed by atoms with E-state index in [1.807, 2.05) is 20.8 Å². The van der Waals surface area contributed by atoms with E-state index in [2.05, 4.69) is 15.5 Å². The minimum absolute atomic E-state index is 0.102. The molecule has 0 fully saturated rings. The maximum absolute atomic E-state index is 11.2. The van der Waals surface area contributed by atoms with Gasteiger partial charge in [-0.25, -0.2) is 4.68 Å². The smallest absolute Gasteiger partial charge is 0.274 e. The zero-order chi connectivity index (χ0) is 17.2. The number of rotatable bonds is 5. The molecule has 2 rings (SSSR count). The van der Waals surface area contributed by atoms with Gasteiger partial charge in [-0.2, -0.15) is 0 Å². The Morgan fingerprint density at radius 2 is 2.13 bits per heavy atom. The van der Waals surface area contributed by atoms with Crippen LogP contribution in [-0.2, 0) is 11.3 Å². The lowest BCUT2D eigenvalue weighted by Gasteiger charge is -2.19. The first-order valence-electron chi connectivity index (χ1n) is 6.69. The number of primary amides is 1. The van der Waals surface area contributed by atoms with Crippen molar-refractivity contribution < 1.29 is 9.72 Å². The summed E-state index contributed by atoms with van der Waals surface area (Å²) in [4.78, 5) is 21.8. The third-order valence-corrected chi connectivity index (χ3v) is 3.97. The first-order chi connectivity index (χ1) is 10.7. The predicted octanol–water partition coefficient (Wildman–Crippen LogP) is 1.73. The van der Waals surface area contributed by atoms with Gasteiger partial charge in [-0.15, -0.1) is 5.10 Å². The van der Waals surface area contributed by atoms with Gasteiger partial charge >= 0.3 is 0 Å². The lowest BCUT2D eigenvalue weighted by molar-refractivity contribution is -0.385. The fourth-order valence-corrected chi connectivity index (χ4v) is 2.90. The topological polar surface area (TPSA) is 130 Å². The molecule has 0 saturated heterocycles. The molecule has 0 aliphatic rings. The van der Waals surface area contributed by atoms with Crippen molar-refractivity contribution in [2.45, 2.75) is 37.2 Å². The molecule has 1 aromatic carbocycles. The Labute approximate surface area is 136 Å². The van der Waals surface area contributed by atoms with Crippen LogP contribution >= 0.6 is 11.8 Å². The molecule has 2 N–H and O–H groups in total. The second-order valence-corrected chi connectivity index (χ2v) is 6.74. The van der Waals surface area contributed by atoms with Crippen molar-refractivity contribution in [3.8, 4) is 0 Å². The molecular formula is C13H16N6O3S. The summed E-state index contributed by atoms with van der Waals surface area (Å²) in [6, 6.07) is 4.18. The minimum Gasteiger partial charge on any atom is -0.366 e. The van der Waals surface area contributed by atoms with E-state index in [0.717, 1.165) is 0 Å². The Bertz CT molecular complexity index is 752. The van der Waals surface area contributed by atoms with Crippen LogP contribution in [0.3, 0.4) is 0 Å². The van der Waals surface area contributed by atoms with Crippen molar-refractivity contribution in [1.82, 2.24) is 20.2 Å². The third-order valence-electron chi connectivity index (χ3n) is 3.00. The van der Waals surface area contributed by atoms with Crippen molar-refractivity contribution in [3.05, 3.63) is 39.4 Å². The van der Waals surface area contributed by atoms with Crippen LogP contribution in [0.5, 0.6) is 0 Å². The van der Waals surface area contributed by atoms with Gasteiger partial charge in [0, 0.05) is 22.9 Å². The molecule has 0 radical (unpaired) electrons. The minimum atomic E-state index is -0.705. The number of hydrogen-bond acceptors (Lipinski definition) is 7. The largest absolute Gasteiger partial charge is 0.366 e. The summed E-state index contributed by atoms with van der Waals surface area (Å²) in [5, 5.41) is 23.3. The molecule has 0 spiro atoms. The van der Waals surface area contributed by atoms with Gasteiger partial charge in [0.2, 0.25) is 11.1 Å². The van der Waals surface area contributed by atoms with E-state index in [0.29, 0.717) is 16.5 Å². The number of aromatic nitrogens is 4. The first-order valence-corrected chi connectivity index (χ1v) is 7.67. The van der Waals surface area contributed by atoms with Crippen LogP contribution in [0, 0.1) is 10.1 Å². The summed E-state index contributed by atoms with van der Waals surface area (Å²) in [6.07, 6.45) is 0. The van der Waals surface area contributed by atoms with Crippen LogP contribution in [0.25, 0.3) is 0 Å². The van der Waals surface area contributed by atoms with Crippen molar-refractivity contribution in [2.75, 3.05) is 0 Å². The van der Waals surface area contributed by atoms with Crippen LogP contribution in [0.1, 0.15) is 36.7 Å². The van der Waals surface area contributed by atoms with Crippen molar-refractivity contribution in [2.24, 2.45) is 5.73 Å². The molecule has 0 atom stereocenters. The Kier molecular flexibility index (Phi) is 4.64. The first kappa shape index (κ1) is 16.9. The second kappa shape index (κ2) is 6.32. The van der Waals surface area contributed by atoms with Gasteiger partial charge in [-0.1, -0.05) is 17.8 Å². The number of benzene rings is 1. The molecule has 1 aromatic heterocycles. The second-order valence-electron chi connectivity index (χ2n) is 5.80. The standard InChI is InChI=1S/C13H16N6O3S/c1-13(2,3)18-12(15-16-17-18)23-7-9-5-4-8(11(14)20)6-10(9)19(21)22/h4-6H,7H2,1-3H3,(H2,14,20). The molecule has 10 heteroatoms. The number of carbonyl (C=O) groups is 1. The summed E-state index contributed by atoms with van der Waals surface area (Å²) in [5.41, 5.74) is 5.28. The Morgan fingerprint density at radius 3 is 2.70 bits per heavy atom. The number of nitrogens with two attached hydrogens (primary N) is 1. The summed E-state index contributed by atoms with van der Waals surface area (Å²) in [6.45, 7) is 5.87. The van der Waals surface area contributed by atoms with Gasteiger partial charge in [0.1, 0.15) is 0 Å². The van der Waals surface area contributed by atoms with E-state index >= 15 is 0 Å². The zero-order valence-electron chi connectivity index (χ0n) is 12.9. The molecule has 1 heterocycles. The quantitative estimate of drug-likeness (QED) is 0.500. The molecule has 122 valence electrons. The number of amides is 1. The van der Waals surface area contributed by atoms with Crippen LogP contribution in [0.2, 0.25) is 0 Å². The summed E-state index contributed by atoms with van der Waals surface area (Å²) < 4.78 is 1.65. The normalized spacial score (nSPS) is 11.4. The molecule has 9 nitrogen and oxygen atoms in total. The molecule has 0 saturated carbocycles. The molecular weight excluding hydrogens is 320 g/mol. The van der Waals surface area contributed by atoms with Gasteiger partial charge in [0.25, 0.3) is 5.69 Å². The highest BCUT2D eigenvalue weighted by Crippen LogP contribution is 2.29. The average molecular weight is 336 g/mol. The monoisotopic (exact) mass is 336 g/mol. The Morgan fingerprint density at radius 1 is 1.43 bits per heavy atom. The van der Waals surface area contributed by atoms with E-state index in [1.54, 1.807) is 4.68 Å². The SMILES string of the molecule is CC(C)(C)n1nnnc1SCc1ccc(C(N)=O)cc1[N+](=O)[O-]. The Hall–Kier alpha value is -2.49. The van der Waals surface area contributed by atoms with Gasteiger partial charge in [-0.05, 0) is 37.3 Å². The summed E-state index contributed by atoms with van der Waals surface area (Å²) in [5.74, 6) is -0.407. The van der Waals surface area contributed by atoms with Crippen molar-refractivity contribution >= 4 is 23.4 Å². The van der Waals surface area contributed by atoms with Crippen LogP contribution in [-0.4, -0.2) is 31.0 Å². The van der Waals surface area contributed by atoms with Gasteiger partial charge in [0.05, 0.1) is 10.5 Å². The maximum atomic E-state index is 11.2. The molecule has 0 aliphatic carbocycles. The Balaban J connectivity index is 2.26. The summed E-state index contributed by atoms with van der Waals surface area (Å²) >= 11 is 1.29. The van der Waals surface area contributed by atoms with Gasteiger partial charge in [-0.3, -0.25) is 14.9 Å². The third kappa shape index (κ3) is 3.83. The lowest BCUT2D eigenvalue weighted by atomic mass is 10.1. The van der Waals surface area contributed by atoms with Crippen LogP contribution in [0.15, 0.2) is 23.4 Å². The lowest BCUT2D eigenvalue weighted by Crippen LogP contribution is -2.24. The van der Waals surface area contributed by atoms with Crippen LogP contribution in [0.4, 0.5) is 5.69 Å². The highest BCUT2D eigenvalue weighted by Gasteiger charge is 2.22. The maximum Gasteiger partial charge on any atom is 0.274 e. The predicted molar refractivity (Wildman–Crippen MR) is 84.0 cm³/mol. The average Bonchev–Trinajstić information content (AvgIpc) is 2.93. The number of tetrazole rings is 1. The number of hydrogen-bond donors (Lipinski definition) is 1. The van der Waals surface area contributed by atoms with E-state index < -0.39 is 10.8 Å². The molecule has 2 aromatic rings. The highest BCUT2D eigenvalue weighted by molar-refractivity contribution is 7.98. The number of nitrogens with zero attached hydrogens (tertiary/aromatic N) is 5. The van der Waals surface area contributed by atoms with Crippen molar-refractivity contribution in [1.29, 1.82) is 0 Å². The van der Waals surface area contributed by atoms with Crippen molar-refractivity contribution in [3.63, 3.8) is 0 Å². The zero-order valence-corrected chi connectivity index (χ0v) is 13.7. The molecule has 0 unspecified atom stereocenters. The number of thioether (sulfide) groups is 1.